The number of hydrogen-bond donors (Lipinski definition) is 4. The Morgan fingerprint density at radius 2 is 1.75 bits per heavy atom. The molecule has 32 heavy (non-hydrogen) atoms. The highest BCUT2D eigenvalue weighted by Gasteiger charge is 2.17. The van der Waals surface area contributed by atoms with Crippen LogP contribution in [0.3, 0.4) is 0 Å². The average molecular weight is 437 g/mol. The van der Waals surface area contributed by atoms with Crippen LogP contribution in [0.4, 0.5) is 5.69 Å². The van der Waals surface area contributed by atoms with Crippen LogP contribution in [0, 0.1) is 13.8 Å². The van der Waals surface area contributed by atoms with E-state index in [4.69, 9.17) is 16.2 Å². The van der Waals surface area contributed by atoms with Gasteiger partial charge in [-0.05, 0) is 61.5 Å². The number of benzene rings is 2. The number of nitrogens with zero attached hydrogens (tertiary/aromatic N) is 2. The molecular weight excluding hydrogens is 408 g/mol. The molecule has 168 valence electrons. The van der Waals surface area contributed by atoms with Gasteiger partial charge in [0.15, 0.2) is 0 Å². The summed E-state index contributed by atoms with van der Waals surface area (Å²) in [5.74, 6) is -0.463. The SMILES string of the molecule is C=N/C(Nc1cc(C)cc(C)c1)=C(\C=N/CNC(C(N)=O)c1ccc(OC)cc1)C(N)=O. The molecule has 9 nitrogen and oxygen atoms in total. The standard InChI is InChI=1S/C23H28N6O3/c1-14-9-15(2)11-17(10-14)29-23(26-3)19(21(24)30)12-27-13-28-20(22(25)31)16-5-7-18(32-4)8-6-16/h5-12,20,28-29H,3,13H2,1-2,4H3,(H2,24,30)(H2,25,31)/b23-19-,27-12-. The van der Waals surface area contributed by atoms with Crippen LogP contribution in [0.1, 0.15) is 22.7 Å². The number of rotatable bonds is 11. The van der Waals surface area contributed by atoms with Gasteiger partial charge in [0.05, 0.1) is 19.4 Å². The lowest BCUT2D eigenvalue weighted by molar-refractivity contribution is -0.120. The van der Waals surface area contributed by atoms with E-state index in [0.717, 1.165) is 16.8 Å². The lowest BCUT2D eigenvalue weighted by Gasteiger charge is -2.15. The Kier molecular flexibility index (Phi) is 8.67. The molecule has 0 aromatic heterocycles. The van der Waals surface area contributed by atoms with Gasteiger partial charge in [0.2, 0.25) is 5.91 Å². The second-order valence-electron chi connectivity index (χ2n) is 7.07. The number of ether oxygens (including phenoxy) is 1. The molecule has 0 bridgehead atoms. The van der Waals surface area contributed by atoms with Crippen molar-refractivity contribution in [1.82, 2.24) is 5.32 Å². The summed E-state index contributed by atoms with van der Waals surface area (Å²) >= 11 is 0. The normalized spacial score (nSPS) is 12.7. The van der Waals surface area contributed by atoms with E-state index in [1.54, 1.807) is 31.4 Å². The molecule has 1 unspecified atom stereocenters. The summed E-state index contributed by atoms with van der Waals surface area (Å²) in [7, 11) is 1.55. The van der Waals surface area contributed by atoms with Crippen molar-refractivity contribution in [2.45, 2.75) is 19.9 Å². The Morgan fingerprint density at radius 1 is 1.12 bits per heavy atom. The fraction of sp³-hybridized carbons (Fsp3) is 0.217. The fourth-order valence-electron chi connectivity index (χ4n) is 3.08. The number of anilines is 1. The third-order valence-corrected chi connectivity index (χ3v) is 4.50. The minimum atomic E-state index is -0.774. The van der Waals surface area contributed by atoms with Gasteiger partial charge in [-0.15, -0.1) is 0 Å². The zero-order valence-electron chi connectivity index (χ0n) is 18.4. The Hall–Kier alpha value is -3.98. The number of aliphatic imine (C=N–C) groups is 2. The zero-order valence-corrected chi connectivity index (χ0v) is 18.4. The first-order valence-corrected chi connectivity index (χ1v) is 9.77. The third kappa shape index (κ3) is 6.78. The Labute approximate surface area is 187 Å². The molecule has 0 aliphatic rings. The quantitative estimate of drug-likeness (QED) is 0.314. The van der Waals surface area contributed by atoms with Crippen molar-refractivity contribution in [3.05, 3.63) is 70.5 Å². The van der Waals surface area contributed by atoms with Gasteiger partial charge < -0.3 is 21.5 Å². The van der Waals surface area contributed by atoms with Gasteiger partial charge in [-0.3, -0.25) is 19.9 Å². The molecule has 0 spiro atoms. The Balaban J connectivity index is 2.17. The second-order valence-corrected chi connectivity index (χ2v) is 7.07. The largest absolute Gasteiger partial charge is 0.497 e. The van der Waals surface area contributed by atoms with Gasteiger partial charge >= 0.3 is 0 Å². The van der Waals surface area contributed by atoms with Crippen molar-refractivity contribution in [2.24, 2.45) is 21.5 Å². The lowest BCUT2D eigenvalue weighted by Crippen LogP contribution is -2.33. The van der Waals surface area contributed by atoms with Crippen LogP contribution in [0.2, 0.25) is 0 Å². The fourth-order valence-corrected chi connectivity index (χ4v) is 3.08. The molecule has 6 N–H and O–H groups in total. The molecule has 0 aliphatic carbocycles. The van der Waals surface area contributed by atoms with Crippen molar-refractivity contribution in [2.75, 3.05) is 19.1 Å². The molecule has 0 saturated carbocycles. The molecule has 0 aliphatic heterocycles. The molecule has 2 aromatic carbocycles. The van der Waals surface area contributed by atoms with Crippen LogP contribution in [-0.4, -0.2) is 38.5 Å². The molecule has 0 saturated heterocycles. The molecule has 0 heterocycles. The number of methoxy groups -OCH3 is 1. The van der Waals surface area contributed by atoms with Crippen LogP contribution in [0.15, 0.2) is 63.8 Å². The van der Waals surface area contributed by atoms with E-state index in [9.17, 15) is 9.59 Å². The number of hydrogen-bond acceptors (Lipinski definition) is 7. The number of primary amides is 2. The summed E-state index contributed by atoms with van der Waals surface area (Å²) in [6.45, 7) is 7.44. The minimum Gasteiger partial charge on any atom is -0.497 e. The summed E-state index contributed by atoms with van der Waals surface area (Å²) in [4.78, 5) is 31.9. The molecule has 2 rings (SSSR count). The van der Waals surface area contributed by atoms with E-state index in [1.807, 2.05) is 32.0 Å². The molecule has 0 fully saturated rings. The smallest absolute Gasteiger partial charge is 0.254 e. The van der Waals surface area contributed by atoms with Crippen LogP contribution >= 0.6 is 0 Å². The van der Waals surface area contributed by atoms with Crippen molar-refractivity contribution < 1.29 is 14.3 Å². The maximum atomic E-state index is 12.0. The maximum Gasteiger partial charge on any atom is 0.254 e. The van der Waals surface area contributed by atoms with Crippen molar-refractivity contribution >= 4 is 30.4 Å². The van der Waals surface area contributed by atoms with E-state index in [2.05, 4.69) is 27.3 Å². The van der Waals surface area contributed by atoms with Crippen LogP contribution in [0.25, 0.3) is 0 Å². The monoisotopic (exact) mass is 436 g/mol. The molecule has 2 aromatic rings. The van der Waals surface area contributed by atoms with E-state index in [-0.39, 0.29) is 18.1 Å². The number of carbonyl (C=O) groups excluding carboxylic acids is 2. The third-order valence-electron chi connectivity index (χ3n) is 4.50. The number of amides is 2. The van der Waals surface area contributed by atoms with Gasteiger partial charge in [0.25, 0.3) is 5.91 Å². The molecule has 9 heteroatoms. The minimum absolute atomic E-state index is 0.00436. The highest BCUT2D eigenvalue weighted by atomic mass is 16.5. The number of nitrogens with one attached hydrogen (secondary N) is 2. The highest BCUT2D eigenvalue weighted by molar-refractivity contribution is 6.12. The van der Waals surface area contributed by atoms with Gasteiger partial charge in [-0.1, -0.05) is 18.2 Å². The predicted octanol–water partition coefficient (Wildman–Crippen LogP) is 1.97. The Morgan fingerprint density at radius 3 is 2.25 bits per heavy atom. The van der Waals surface area contributed by atoms with Crippen LogP contribution < -0.4 is 26.8 Å². The summed E-state index contributed by atoms with van der Waals surface area (Å²) in [6.07, 6.45) is 1.28. The summed E-state index contributed by atoms with van der Waals surface area (Å²) in [5, 5.41) is 5.98. The van der Waals surface area contributed by atoms with E-state index in [1.165, 1.54) is 6.21 Å². The van der Waals surface area contributed by atoms with E-state index < -0.39 is 17.9 Å². The first-order valence-electron chi connectivity index (χ1n) is 9.77. The highest BCUT2D eigenvalue weighted by Crippen LogP contribution is 2.18. The second kappa shape index (κ2) is 11.4. The molecule has 1 atom stereocenters. The van der Waals surface area contributed by atoms with Crippen molar-refractivity contribution in [1.29, 1.82) is 0 Å². The van der Waals surface area contributed by atoms with Gasteiger partial charge in [0.1, 0.15) is 17.6 Å². The summed E-state index contributed by atoms with van der Waals surface area (Å²) < 4.78 is 5.12. The predicted molar refractivity (Wildman–Crippen MR) is 127 cm³/mol. The van der Waals surface area contributed by atoms with Crippen LogP contribution in [-0.2, 0) is 9.59 Å². The van der Waals surface area contributed by atoms with Gasteiger partial charge in [0, 0.05) is 11.9 Å². The lowest BCUT2D eigenvalue weighted by atomic mass is 10.1. The Bertz CT molecular complexity index is 1020. The van der Waals surface area contributed by atoms with E-state index >= 15 is 0 Å². The van der Waals surface area contributed by atoms with Crippen LogP contribution in [0.5, 0.6) is 5.75 Å². The molecule has 2 amide bonds. The van der Waals surface area contributed by atoms with Gasteiger partial charge in [-0.2, -0.15) is 0 Å². The van der Waals surface area contributed by atoms with Crippen molar-refractivity contribution in [3.8, 4) is 5.75 Å². The first-order chi connectivity index (χ1) is 15.2. The maximum absolute atomic E-state index is 12.0. The molecule has 0 radical (unpaired) electrons. The van der Waals surface area contributed by atoms with E-state index in [0.29, 0.717) is 11.3 Å². The summed E-state index contributed by atoms with van der Waals surface area (Å²) in [6, 6.07) is 12.0. The average Bonchev–Trinajstić information content (AvgIpc) is 2.74. The molecular formula is C23H28N6O3. The zero-order chi connectivity index (χ0) is 23.7. The number of aryl methyl sites for hydroxylation is 2. The first kappa shape index (κ1) is 24.3. The number of carbonyl (C=O) groups is 2. The van der Waals surface area contributed by atoms with Gasteiger partial charge in [-0.25, -0.2) is 4.99 Å². The number of nitrogens with two attached hydrogens (primary N) is 2. The van der Waals surface area contributed by atoms with Crippen molar-refractivity contribution in [3.63, 3.8) is 0 Å². The topological polar surface area (TPSA) is 144 Å². The summed E-state index contributed by atoms with van der Waals surface area (Å²) in [5.41, 5.74) is 14.6.